The lowest BCUT2D eigenvalue weighted by Gasteiger charge is -2.07. The molecule has 11 heteroatoms. The van der Waals surface area contributed by atoms with E-state index in [1.165, 1.54) is 18.9 Å². The molecule has 0 aliphatic carbocycles. The van der Waals surface area contributed by atoms with Crippen LogP contribution in [-0.4, -0.2) is 89.0 Å². The zero-order valence-corrected chi connectivity index (χ0v) is 26.9. The molecule has 4 aromatic rings. The highest BCUT2D eigenvalue weighted by atomic mass is 35.5. The van der Waals surface area contributed by atoms with Crippen LogP contribution in [0.2, 0.25) is 0 Å². The van der Waals surface area contributed by atoms with Gasteiger partial charge in [0.15, 0.2) is 11.0 Å². The Bertz CT molecular complexity index is 1410. The average molecular weight is 632 g/mol. The molecule has 0 saturated carbocycles. The normalized spacial score (nSPS) is 11.2. The van der Waals surface area contributed by atoms with Crippen LogP contribution in [0.4, 0.5) is 5.69 Å². The summed E-state index contributed by atoms with van der Waals surface area (Å²) in [6, 6.07) is 12.9. The van der Waals surface area contributed by atoms with E-state index in [4.69, 9.17) is 44.7 Å². The summed E-state index contributed by atoms with van der Waals surface area (Å²) in [6.07, 6.45) is 3.23. The highest BCUT2D eigenvalue weighted by Crippen LogP contribution is 2.27. The molecule has 242 valence electrons. The zero-order valence-electron chi connectivity index (χ0n) is 26.1. The fraction of sp³-hybridized carbons (Fsp3) is 0.515. The molecule has 44 heavy (non-hydrogen) atoms. The molecule has 0 saturated heterocycles. The number of unbranched alkanes of at least 4 members (excludes halogenated alkanes) is 1. The van der Waals surface area contributed by atoms with Gasteiger partial charge in [-0.1, -0.05) is 26.7 Å². The molecule has 2 N–H and O–H groups in total. The van der Waals surface area contributed by atoms with E-state index in [0.717, 1.165) is 22.6 Å². The Morgan fingerprint density at radius 2 is 1.36 bits per heavy atom. The lowest BCUT2D eigenvalue weighted by atomic mass is 10.1. The van der Waals surface area contributed by atoms with Gasteiger partial charge < -0.3 is 38.4 Å². The predicted octanol–water partition coefficient (Wildman–Crippen LogP) is 6.05. The highest BCUT2D eigenvalue weighted by Gasteiger charge is 2.13. The van der Waals surface area contributed by atoms with Crippen molar-refractivity contribution in [2.24, 2.45) is 0 Å². The summed E-state index contributed by atoms with van der Waals surface area (Å²) in [5.74, 6) is 1.75. The van der Waals surface area contributed by atoms with E-state index in [-0.39, 0.29) is 5.43 Å². The van der Waals surface area contributed by atoms with E-state index in [9.17, 15) is 4.79 Å². The van der Waals surface area contributed by atoms with E-state index >= 15 is 0 Å². The van der Waals surface area contributed by atoms with Crippen molar-refractivity contribution in [3.05, 3.63) is 58.5 Å². The molecule has 0 aliphatic rings. The molecule has 2 aromatic carbocycles. The minimum absolute atomic E-state index is 0.105. The van der Waals surface area contributed by atoms with Crippen molar-refractivity contribution in [2.75, 3.05) is 84.3 Å². The monoisotopic (exact) mass is 631 g/mol. The second-order valence-corrected chi connectivity index (χ2v) is 10.2. The summed E-state index contributed by atoms with van der Waals surface area (Å²) in [6.45, 7) is 9.41. The average Bonchev–Trinajstić information content (AvgIpc) is 3.48. The molecular formula is C33H46ClN3O7. The van der Waals surface area contributed by atoms with Crippen molar-refractivity contribution in [1.29, 1.82) is 0 Å². The maximum Gasteiger partial charge on any atom is 0.193 e. The molecule has 0 amide bonds. The number of fused-ring (bicyclic) bond motifs is 3. The van der Waals surface area contributed by atoms with Crippen LogP contribution in [0.3, 0.4) is 0 Å². The van der Waals surface area contributed by atoms with Crippen LogP contribution in [0.5, 0.6) is 0 Å². The molecule has 2 heterocycles. The Labute approximate surface area is 264 Å². The van der Waals surface area contributed by atoms with Crippen molar-refractivity contribution < 1.29 is 28.1 Å². The fourth-order valence-corrected chi connectivity index (χ4v) is 4.11. The van der Waals surface area contributed by atoms with Gasteiger partial charge in [-0.2, -0.15) is 0 Å². The van der Waals surface area contributed by atoms with Gasteiger partial charge in [0.05, 0.1) is 77.0 Å². The van der Waals surface area contributed by atoms with Gasteiger partial charge in [0, 0.05) is 36.7 Å². The summed E-state index contributed by atoms with van der Waals surface area (Å²) in [5, 5.41) is 3.58. The van der Waals surface area contributed by atoms with Crippen LogP contribution < -0.4 is 10.7 Å². The molecule has 0 unspecified atom stereocenters. The molecule has 2 aromatic heterocycles. The summed E-state index contributed by atoms with van der Waals surface area (Å²) in [4.78, 5) is 20.8. The second kappa shape index (κ2) is 20.9. The van der Waals surface area contributed by atoms with Gasteiger partial charge in [0.1, 0.15) is 17.1 Å². The van der Waals surface area contributed by atoms with Crippen molar-refractivity contribution >= 4 is 39.3 Å². The maximum absolute atomic E-state index is 12.8. The Balaban J connectivity index is 0.00000124. The first kappa shape index (κ1) is 35.5. The van der Waals surface area contributed by atoms with Crippen LogP contribution >= 0.6 is 11.6 Å². The summed E-state index contributed by atoms with van der Waals surface area (Å²) < 4.78 is 33.5. The van der Waals surface area contributed by atoms with E-state index in [0.29, 0.717) is 101 Å². The molecule has 10 nitrogen and oxygen atoms in total. The smallest absolute Gasteiger partial charge is 0.193 e. The quantitative estimate of drug-likeness (QED) is 0.0888. The number of benzene rings is 2. The Morgan fingerprint density at radius 1 is 0.795 bits per heavy atom. The number of hydrogen-bond acceptors (Lipinski definition) is 9. The van der Waals surface area contributed by atoms with Crippen LogP contribution in [0.25, 0.3) is 33.3 Å². The third kappa shape index (κ3) is 11.8. The number of rotatable bonds is 20. The Morgan fingerprint density at radius 3 is 1.91 bits per heavy atom. The Kier molecular flexibility index (Phi) is 16.8. The van der Waals surface area contributed by atoms with Gasteiger partial charge in [0.25, 0.3) is 0 Å². The van der Waals surface area contributed by atoms with Crippen LogP contribution in [-0.2, 0) is 30.1 Å². The van der Waals surface area contributed by atoms with Crippen molar-refractivity contribution in [3.63, 3.8) is 0 Å². The molecule has 0 fully saturated rings. The van der Waals surface area contributed by atoms with E-state index in [2.05, 4.69) is 24.1 Å². The number of aromatic amines is 1. The number of nitrogens with zero attached hydrogens (tertiary/aromatic N) is 1. The number of nitrogens with one attached hydrogen (secondary N) is 2. The lowest BCUT2D eigenvalue weighted by molar-refractivity contribution is -0.00993. The third-order valence-electron chi connectivity index (χ3n) is 6.55. The minimum Gasteiger partial charge on any atom is -0.453 e. The third-order valence-corrected chi connectivity index (χ3v) is 6.70. The molecule has 0 spiro atoms. The molecule has 4 rings (SSSR count). The Hall–Kier alpha value is -2.99. The molecular weight excluding hydrogens is 586 g/mol. The van der Waals surface area contributed by atoms with Gasteiger partial charge in [-0.15, -0.1) is 11.6 Å². The van der Waals surface area contributed by atoms with E-state index in [1.807, 2.05) is 37.4 Å². The molecule has 0 aliphatic heterocycles. The highest BCUT2D eigenvalue weighted by molar-refractivity contribution is 6.17. The first-order valence-electron chi connectivity index (χ1n) is 15.3. The minimum atomic E-state index is -0.105. The maximum atomic E-state index is 12.8. The van der Waals surface area contributed by atoms with E-state index < -0.39 is 0 Å². The summed E-state index contributed by atoms with van der Waals surface area (Å²) >= 11 is 5.52. The number of imidazole rings is 1. The van der Waals surface area contributed by atoms with E-state index in [1.54, 1.807) is 6.07 Å². The largest absolute Gasteiger partial charge is 0.453 e. The molecule has 0 atom stereocenters. The van der Waals surface area contributed by atoms with Gasteiger partial charge in [-0.05, 0) is 36.4 Å². The SMILES string of the molecule is CCCC.CNc1ccc(-c2cc(=O)c3ccc4[nH]c(CCOCCOCCOCCOCCOCCCl)nc4c3o2)cc1. The lowest BCUT2D eigenvalue weighted by Crippen LogP contribution is -2.13. The second-order valence-electron chi connectivity index (χ2n) is 9.83. The number of H-pyrrole nitrogens is 1. The number of alkyl halides is 1. The number of halogens is 1. The van der Waals surface area contributed by atoms with Gasteiger partial charge in [-0.25, -0.2) is 4.98 Å². The fourth-order valence-electron chi connectivity index (χ4n) is 4.00. The number of hydrogen-bond donors (Lipinski definition) is 2. The van der Waals surface area contributed by atoms with Crippen LogP contribution in [0.1, 0.15) is 32.5 Å². The topological polar surface area (TPSA) is 117 Å². The van der Waals surface area contributed by atoms with Crippen LogP contribution in [0, 0.1) is 0 Å². The molecule has 0 radical (unpaired) electrons. The van der Waals surface area contributed by atoms with Gasteiger partial charge >= 0.3 is 0 Å². The van der Waals surface area contributed by atoms with Crippen molar-refractivity contribution in [3.8, 4) is 11.3 Å². The number of aromatic nitrogens is 2. The summed E-state index contributed by atoms with van der Waals surface area (Å²) in [5.41, 5.74) is 3.61. The molecule has 0 bridgehead atoms. The zero-order chi connectivity index (χ0) is 31.4. The van der Waals surface area contributed by atoms with Crippen LogP contribution in [0.15, 0.2) is 51.7 Å². The van der Waals surface area contributed by atoms with Crippen molar-refractivity contribution in [1.82, 2.24) is 9.97 Å². The van der Waals surface area contributed by atoms with Gasteiger partial charge in [-0.3, -0.25) is 4.79 Å². The predicted molar refractivity (Wildman–Crippen MR) is 176 cm³/mol. The van der Waals surface area contributed by atoms with Gasteiger partial charge in [0.2, 0.25) is 0 Å². The first-order chi connectivity index (χ1) is 21.6. The number of anilines is 1. The standard InChI is InChI=1S/C29H36ClN3O7.C4H10/c1-31-22-4-2-21(3-5-22)26-20-25(34)23-6-7-24-28(29(23)40-26)33-27(32-24)8-10-35-12-14-37-16-18-39-19-17-38-15-13-36-11-9-30;1-3-4-2/h2-7,20,31H,8-19H2,1H3,(H,32,33);3-4H2,1-2H3. The van der Waals surface area contributed by atoms with Crippen molar-refractivity contribution in [2.45, 2.75) is 33.1 Å². The summed E-state index contributed by atoms with van der Waals surface area (Å²) in [7, 11) is 1.86. The number of ether oxygens (including phenoxy) is 5. The first-order valence-corrected chi connectivity index (χ1v) is 15.8.